The van der Waals surface area contributed by atoms with E-state index in [1.54, 1.807) is 0 Å². The number of carboxylic acids is 1. The van der Waals surface area contributed by atoms with Gasteiger partial charge in [-0.05, 0) is 0 Å². The Hall–Kier alpha value is -2.26. The number of nitrogens with one attached hydrogen (secondary N) is 1. The molecule has 2 aliphatic heterocycles. The van der Waals surface area contributed by atoms with Gasteiger partial charge in [-0.25, -0.2) is 4.98 Å². The summed E-state index contributed by atoms with van der Waals surface area (Å²) in [6.45, 7) is -0.435. The Bertz CT molecular complexity index is 860. The van der Waals surface area contributed by atoms with E-state index in [0.29, 0.717) is 5.06 Å². The number of carbonyl (C=O) groups excluding carboxylic acids is 4. The summed E-state index contributed by atoms with van der Waals surface area (Å²) in [5.74, 6) is -4.61. The molecule has 1 aromatic rings. The minimum Gasteiger partial charge on any atom is -0.544 e. The second-order valence-electron chi connectivity index (χ2n) is 5.52. The van der Waals surface area contributed by atoms with Crippen LogP contribution in [0.4, 0.5) is 5.13 Å². The standard InChI is InChI=1S/C13H13N5O8S.Na/c14-12-16-6(4-27-12)8(17-24)9(20)15-5-3-25-18(10(5)21)13(11(22)23)2-1-7(19)26-13;/h4-5,24H,1-3H2,(H2,14,16)(H,15,20)(H,22,23);/q;+1/p-1/t5-,13?;/m0./s1. The number of hydroxylamine groups is 2. The number of cyclic esters (lactones) is 1. The summed E-state index contributed by atoms with van der Waals surface area (Å²) in [6.07, 6.45) is -0.604. The molecule has 2 atom stereocenters. The van der Waals surface area contributed by atoms with Crippen molar-refractivity contribution in [3.05, 3.63) is 11.1 Å². The van der Waals surface area contributed by atoms with Crippen molar-refractivity contribution in [2.24, 2.45) is 5.16 Å². The van der Waals surface area contributed by atoms with Crippen LogP contribution in [0.25, 0.3) is 0 Å². The third kappa shape index (κ3) is 3.81. The minimum absolute atomic E-state index is 0. The van der Waals surface area contributed by atoms with Gasteiger partial charge < -0.3 is 30.9 Å². The summed E-state index contributed by atoms with van der Waals surface area (Å²) in [5.41, 5.74) is 2.54. The van der Waals surface area contributed by atoms with Crippen molar-refractivity contribution in [2.75, 3.05) is 12.3 Å². The molecule has 0 aromatic carbocycles. The average Bonchev–Trinajstić information content (AvgIpc) is 3.30. The number of ether oxygens (including phenoxy) is 1. The molecule has 0 aliphatic carbocycles. The summed E-state index contributed by atoms with van der Waals surface area (Å²) in [6, 6.07) is -1.32. The van der Waals surface area contributed by atoms with Gasteiger partial charge in [0.05, 0.1) is 6.42 Å². The van der Waals surface area contributed by atoms with E-state index >= 15 is 0 Å². The second kappa shape index (κ2) is 8.40. The molecular weight excluding hydrogens is 409 g/mol. The number of aromatic nitrogens is 1. The van der Waals surface area contributed by atoms with Crippen molar-refractivity contribution in [2.45, 2.75) is 24.6 Å². The Balaban J connectivity index is 0.00000280. The molecule has 2 aliphatic rings. The SMILES string of the molecule is Nc1nc(C(=NO)C(=O)N[C@H]2CON(C3(C(=O)[O-])CCC(=O)O3)C2=O)cs1.[Na+]. The maximum atomic E-state index is 12.5. The van der Waals surface area contributed by atoms with Gasteiger partial charge >= 0.3 is 35.5 Å². The number of nitrogens with zero attached hydrogens (tertiary/aromatic N) is 3. The molecule has 2 saturated heterocycles. The number of amides is 2. The van der Waals surface area contributed by atoms with Crippen LogP contribution in [-0.4, -0.2) is 63.1 Å². The van der Waals surface area contributed by atoms with E-state index < -0.39 is 47.8 Å². The predicted octanol–water partition coefficient (Wildman–Crippen LogP) is -6.05. The number of anilines is 1. The fourth-order valence-electron chi connectivity index (χ4n) is 2.58. The number of carbonyl (C=O) groups is 4. The van der Waals surface area contributed by atoms with Crippen LogP contribution in [0.2, 0.25) is 0 Å². The van der Waals surface area contributed by atoms with Crippen LogP contribution >= 0.6 is 11.3 Å². The Morgan fingerprint density at radius 3 is 2.71 bits per heavy atom. The number of thiazole rings is 1. The minimum atomic E-state index is -2.40. The van der Waals surface area contributed by atoms with E-state index in [2.05, 4.69) is 15.5 Å². The van der Waals surface area contributed by atoms with Gasteiger partial charge in [-0.3, -0.25) is 19.2 Å². The van der Waals surface area contributed by atoms with Crippen molar-refractivity contribution < 1.29 is 68.6 Å². The normalized spacial score (nSPS) is 24.6. The van der Waals surface area contributed by atoms with E-state index in [1.165, 1.54) is 5.38 Å². The first kappa shape index (κ1) is 22.0. The van der Waals surface area contributed by atoms with Crippen molar-refractivity contribution in [1.82, 2.24) is 15.4 Å². The average molecular weight is 421 g/mol. The molecule has 4 N–H and O–H groups in total. The topological polar surface area (TPSA) is 197 Å². The van der Waals surface area contributed by atoms with Crippen molar-refractivity contribution >= 4 is 45.9 Å². The molecular formula is C13H12N5NaO8S. The first-order valence-corrected chi connectivity index (χ1v) is 8.31. The number of oxime groups is 1. The number of nitrogens with two attached hydrogens (primary N) is 1. The Labute approximate surface area is 182 Å². The van der Waals surface area contributed by atoms with E-state index in [0.717, 1.165) is 11.3 Å². The van der Waals surface area contributed by atoms with Crippen LogP contribution in [0.1, 0.15) is 18.5 Å². The molecule has 0 saturated carbocycles. The van der Waals surface area contributed by atoms with Gasteiger partial charge in [-0.1, -0.05) is 5.16 Å². The van der Waals surface area contributed by atoms with Crippen LogP contribution in [0, 0.1) is 0 Å². The van der Waals surface area contributed by atoms with Crippen molar-refractivity contribution in [3.8, 4) is 0 Å². The Morgan fingerprint density at radius 1 is 1.50 bits per heavy atom. The maximum Gasteiger partial charge on any atom is 1.00 e. The molecule has 0 spiro atoms. The molecule has 144 valence electrons. The predicted molar refractivity (Wildman–Crippen MR) is 82.6 cm³/mol. The molecule has 28 heavy (non-hydrogen) atoms. The van der Waals surface area contributed by atoms with E-state index in [4.69, 9.17) is 20.5 Å². The van der Waals surface area contributed by atoms with Gasteiger partial charge in [0, 0.05) is 11.8 Å². The van der Waals surface area contributed by atoms with Crippen LogP contribution in [0.3, 0.4) is 0 Å². The maximum absolute atomic E-state index is 12.5. The summed E-state index contributed by atoms with van der Waals surface area (Å²) < 4.78 is 4.74. The number of rotatable bonds is 5. The number of nitrogen functional groups attached to an aromatic ring is 1. The smallest absolute Gasteiger partial charge is 0.544 e. The van der Waals surface area contributed by atoms with Crippen molar-refractivity contribution in [1.29, 1.82) is 0 Å². The van der Waals surface area contributed by atoms with E-state index in [-0.39, 0.29) is 53.2 Å². The Kier molecular flexibility index (Phi) is 6.61. The number of carboxylic acid groups (broad SMARTS) is 1. The number of hydrogen-bond donors (Lipinski definition) is 3. The third-order valence-electron chi connectivity index (χ3n) is 3.85. The molecule has 15 heteroatoms. The molecule has 13 nitrogen and oxygen atoms in total. The monoisotopic (exact) mass is 421 g/mol. The van der Waals surface area contributed by atoms with E-state index in [1.807, 2.05) is 0 Å². The molecule has 3 heterocycles. The largest absolute Gasteiger partial charge is 1.00 e. The Morgan fingerprint density at radius 2 is 2.21 bits per heavy atom. The van der Waals surface area contributed by atoms with Gasteiger partial charge in [0.2, 0.25) is 0 Å². The van der Waals surface area contributed by atoms with Gasteiger partial charge in [0.15, 0.2) is 10.8 Å². The van der Waals surface area contributed by atoms with Crippen LogP contribution < -0.4 is 45.7 Å². The van der Waals surface area contributed by atoms with Gasteiger partial charge in [-0.15, -0.1) is 11.3 Å². The van der Waals surface area contributed by atoms with Crippen LogP contribution in [0.15, 0.2) is 10.5 Å². The van der Waals surface area contributed by atoms with Crippen molar-refractivity contribution in [3.63, 3.8) is 0 Å². The zero-order valence-electron chi connectivity index (χ0n) is 14.4. The summed E-state index contributed by atoms with van der Waals surface area (Å²) in [5, 5.41) is 27.4. The molecule has 2 amide bonds. The van der Waals surface area contributed by atoms with Crippen LogP contribution in [0.5, 0.6) is 0 Å². The molecule has 0 bridgehead atoms. The zero-order chi connectivity index (χ0) is 19.8. The first-order valence-electron chi connectivity index (χ1n) is 7.43. The van der Waals surface area contributed by atoms with Crippen LogP contribution in [-0.2, 0) is 28.8 Å². The third-order valence-corrected chi connectivity index (χ3v) is 4.53. The fraction of sp³-hybridized carbons (Fsp3) is 0.385. The van der Waals surface area contributed by atoms with E-state index in [9.17, 15) is 24.3 Å². The molecule has 2 fully saturated rings. The fourth-order valence-corrected chi connectivity index (χ4v) is 3.13. The van der Waals surface area contributed by atoms with Gasteiger partial charge in [0.1, 0.15) is 24.3 Å². The second-order valence-corrected chi connectivity index (χ2v) is 6.41. The molecule has 1 aromatic heterocycles. The zero-order valence-corrected chi connectivity index (χ0v) is 17.2. The molecule has 0 radical (unpaired) electrons. The summed E-state index contributed by atoms with van der Waals surface area (Å²) in [4.78, 5) is 56.3. The quantitative estimate of drug-likeness (QED) is 0.135. The summed E-state index contributed by atoms with van der Waals surface area (Å²) in [7, 11) is 0. The molecule has 3 rings (SSSR count). The molecule has 1 unspecified atom stereocenters. The number of aliphatic carboxylic acids is 1. The van der Waals surface area contributed by atoms with Gasteiger partial charge in [-0.2, -0.15) is 5.06 Å². The van der Waals surface area contributed by atoms with Gasteiger partial charge in [0.25, 0.3) is 17.5 Å². The number of hydrogen-bond acceptors (Lipinski definition) is 12. The summed E-state index contributed by atoms with van der Waals surface area (Å²) >= 11 is 1.00. The first-order chi connectivity index (χ1) is 12.8. The number of esters is 1.